The largest absolute Gasteiger partial charge is 0.368 e. The predicted octanol–water partition coefficient (Wildman–Crippen LogP) is 4.12. The summed E-state index contributed by atoms with van der Waals surface area (Å²) in [5.74, 6) is 0.912. The minimum Gasteiger partial charge on any atom is -0.368 e. The third-order valence-corrected chi connectivity index (χ3v) is 4.22. The smallest absolute Gasteiger partial charge is 0.164 e. The molecule has 2 heteroatoms. The molecule has 1 aliphatic rings. The van der Waals surface area contributed by atoms with Crippen molar-refractivity contribution in [3.63, 3.8) is 0 Å². The maximum absolute atomic E-state index is 12.5. The molecule has 0 N–H and O–H groups in total. The second-order valence-corrected chi connectivity index (χ2v) is 5.30. The normalized spacial score (nSPS) is 19.5. The molecule has 1 fully saturated rings. The van der Waals surface area contributed by atoms with Gasteiger partial charge in [0.1, 0.15) is 5.60 Å². The van der Waals surface area contributed by atoms with E-state index in [0.29, 0.717) is 24.7 Å². The monoisotopic (exact) mass is 240 g/mol. The first kappa shape index (κ1) is 14.7. The zero-order chi connectivity index (χ0) is 12.7. The molecule has 0 spiro atoms. The van der Waals surface area contributed by atoms with Crippen LogP contribution in [0.2, 0.25) is 0 Å². The molecule has 1 saturated carbocycles. The van der Waals surface area contributed by atoms with Crippen LogP contribution in [0.4, 0.5) is 0 Å². The molecule has 0 saturated heterocycles. The van der Waals surface area contributed by atoms with Crippen molar-refractivity contribution in [2.75, 3.05) is 6.61 Å². The minimum atomic E-state index is -0.421. The topological polar surface area (TPSA) is 26.3 Å². The lowest BCUT2D eigenvalue weighted by Crippen LogP contribution is -2.44. The number of ketones is 1. The van der Waals surface area contributed by atoms with Gasteiger partial charge in [-0.2, -0.15) is 0 Å². The van der Waals surface area contributed by atoms with Crippen LogP contribution < -0.4 is 0 Å². The second-order valence-electron chi connectivity index (χ2n) is 5.30. The van der Waals surface area contributed by atoms with E-state index in [1.807, 2.05) is 6.92 Å². The van der Waals surface area contributed by atoms with Gasteiger partial charge in [0, 0.05) is 13.0 Å². The summed E-state index contributed by atoms with van der Waals surface area (Å²) in [5, 5.41) is 0. The molecule has 0 heterocycles. The molecule has 1 rings (SSSR count). The van der Waals surface area contributed by atoms with E-state index in [0.717, 1.165) is 38.5 Å². The molecule has 1 aliphatic carbocycles. The van der Waals surface area contributed by atoms with Crippen LogP contribution in [0, 0.1) is 5.92 Å². The number of Topliss-reactive ketones (excluding diaryl/α,β-unsaturated/α-hetero) is 1. The highest BCUT2D eigenvalue weighted by Gasteiger charge is 2.40. The van der Waals surface area contributed by atoms with E-state index in [2.05, 4.69) is 13.8 Å². The van der Waals surface area contributed by atoms with Crippen molar-refractivity contribution in [2.24, 2.45) is 5.92 Å². The maximum Gasteiger partial charge on any atom is 0.164 e. The second kappa shape index (κ2) is 7.15. The average Bonchev–Trinajstić information content (AvgIpc) is 2.37. The summed E-state index contributed by atoms with van der Waals surface area (Å²) in [6, 6.07) is 0. The van der Waals surface area contributed by atoms with Crippen LogP contribution in [-0.4, -0.2) is 18.0 Å². The highest BCUT2D eigenvalue weighted by molar-refractivity contribution is 5.87. The Bertz CT molecular complexity index is 220. The molecule has 2 nitrogen and oxygen atoms in total. The highest BCUT2D eigenvalue weighted by atomic mass is 16.5. The van der Waals surface area contributed by atoms with Crippen molar-refractivity contribution >= 4 is 5.78 Å². The van der Waals surface area contributed by atoms with Crippen molar-refractivity contribution in [1.29, 1.82) is 0 Å². The third-order valence-electron chi connectivity index (χ3n) is 4.22. The average molecular weight is 240 g/mol. The van der Waals surface area contributed by atoms with Gasteiger partial charge in [-0.05, 0) is 25.7 Å². The van der Waals surface area contributed by atoms with Crippen molar-refractivity contribution in [1.82, 2.24) is 0 Å². The third kappa shape index (κ3) is 3.80. The fraction of sp³-hybridized carbons (Fsp3) is 0.933. The molecule has 100 valence electrons. The van der Waals surface area contributed by atoms with E-state index in [4.69, 9.17) is 4.74 Å². The lowest BCUT2D eigenvalue weighted by molar-refractivity contribution is -0.150. The number of rotatable bonds is 7. The first-order chi connectivity index (χ1) is 8.18. The zero-order valence-corrected chi connectivity index (χ0v) is 11.8. The first-order valence-electron chi connectivity index (χ1n) is 7.35. The molecule has 0 aromatic carbocycles. The van der Waals surface area contributed by atoms with Gasteiger partial charge in [0.25, 0.3) is 0 Å². The summed E-state index contributed by atoms with van der Waals surface area (Å²) in [6.45, 7) is 7.01. The molecule has 0 bridgehead atoms. The van der Waals surface area contributed by atoms with Gasteiger partial charge in [-0.3, -0.25) is 4.79 Å². The van der Waals surface area contributed by atoms with E-state index in [1.165, 1.54) is 6.42 Å². The van der Waals surface area contributed by atoms with Crippen LogP contribution in [0.3, 0.4) is 0 Å². The van der Waals surface area contributed by atoms with Crippen LogP contribution >= 0.6 is 0 Å². The Kier molecular flexibility index (Phi) is 6.18. The summed E-state index contributed by atoms with van der Waals surface area (Å²) in [5.41, 5.74) is -0.421. The van der Waals surface area contributed by atoms with Gasteiger partial charge in [0.2, 0.25) is 0 Å². The maximum atomic E-state index is 12.5. The summed E-state index contributed by atoms with van der Waals surface area (Å²) >= 11 is 0. The fourth-order valence-corrected chi connectivity index (χ4v) is 2.93. The number of hydrogen-bond donors (Lipinski definition) is 0. The zero-order valence-electron chi connectivity index (χ0n) is 11.8. The van der Waals surface area contributed by atoms with Crippen molar-refractivity contribution in [3.8, 4) is 0 Å². The molecule has 17 heavy (non-hydrogen) atoms. The van der Waals surface area contributed by atoms with E-state index in [9.17, 15) is 4.79 Å². The molecular formula is C15H28O2. The van der Waals surface area contributed by atoms with Crippen molar-refractivity contribution in [2.45, 2.75) is 77.7 Å². The minimum absolute atomic E-state index is 0.368. The Labute approximate surface area is 106 Å². The molecule has 0 aromatic rings. The van der Waals surface area contributed by atoms with Gasteiger partial charge in [-0.1, -0.05) is 46.0 Å². The number of carbonyl (C=O) groups is 1. The molecule has 0 atom stereocenters. The Morgan fingerprint density at radius 2 is 1.71 bits per heavy atom. The SMILES string of the molecule is CCOC1(C(=O)CC(CC)CC)CCCCC1. The molecule has 0 aliphatic heterocycles. The van der Waals surface area contributed by atoms with E-state index < -0.39 is 5.60 Å². The Balaban J connectivity index is 2.65. The van der Waals surface area contributed by atoms with Gasteiger partial charge in [0.15, 0.2) is 5.78 Å². The van der Waals surface area contributed by atoms with Crippen LogP contribution in [0.5, 0.6) is 0 Å². The lowest BCUT2D eigenvalue weighted by atomic mass is 9.78. The van der Waals surface area contributed by atoms with Gasteiger partial charge < -0.3 is 4.74 Å². The van der Waals surface area contributed by atoms with Gasteiger partial charge in [-0.15, -0.1) is 0 Å². The number of hydrogen-bond acceptors (Lipinski definition) is 2. The lowest BCUT2D eigenvalue weighted by Gasteiger charge is -2.36. The van der Waals surface area contributed by atoms with Gasteiger partial charge in [-0.25, -0.2) is 0 Å². The molecule has 0 radical (unpaired) electrons. The van der Waals surface area contributed by atoms with E-state index in [1.54, 1.807) is 0 Å². The van der Waals surface area contributed by atoms with Crippen LogP contribution in [0.25, 0.3) is 0 Å². The van der Waals surface area contributed by atoms with Crippen LogP contribution in [0.1, 0.15) is 72.1 Å². The van der Waals surface area contributed by atoms with Gasteiger partial charge in [0.05, 0.1) is 0 Å². The highest BCUT2D eigenvalue weighted by Crippen LogP contribution is 2.34. The van der Waals surface area contributed by atoms with Gasteiger partial charge >= 0.3 is 0 Å². The number of carbonyl (C=O) groups excluding carboxylic acids is 1. The van der Waals surface area contributed by atoms with Crippen molar-refractivity contribution in [3.05, 3.63) is 0 Å². The first-order valence-corrected chi connectivity index (χ1v) is 7.35. The van der Waals surface area contributed by atoms with Crippen molar-refractivity contribution < 1.29 is 9.53 Å². The standard InChI is InChI=1S/C15H28O2/c1-4-13(5-2)12-14(16)15(17-6-3)10-8-7-9-11-15/h13H,4-12H2,1-3H3. The molecule has 0 aromatic heterocycles. The summed E-state index contributed by atoms with van der Waals surface area (Å²) < 4.78 is 5.87. The fourth-order valence-electron chi connectivity index (χ4n) is 2.93. The Morgan fingerprint density at radius 3 is 2.18 bits per heavy atom. The summed E-state index contributed by atoms with van der Waals surface area (Å²) in [7, 11) is 0. The molecule has 0 unspecified atom stereocenters. The number of ether oxygens (including phenoxy) is 1. The van der Waals surface area contributed by atoms with E-state index in [-0.39, 0.29) is 0 Å². The Hall–Kier alpha value is -0.370. The van der Waals surface area contributed by atoms with E-state index >= 15 is 0 Å². The quantitative estimate of drug-likeness (QED) is 0.669. The predicted molar refractivity (Wildman–Crippen MR) is 71.1 cm³/mol. The Morgan fingerprint density at radius 1 is 1.12 bits per heavy atom. The van der Waals surface area contributed by atoms with Crippen LogP contribution in [0.15, 0.2) is 0 Å². The molecule has 0 amide bonds. The summed E-state index contributed by atoms with van der Waals surface area (Å²) in [4.78, 5) is 12.5. The molecular weight excluding hydrogens is 212 g/mol. The van der Waals surface area contributed by atoms with Crippen LogP contribution in [-0.2, 0) is 9.53 Å². The summed E-state index contributed by atoms with van der Waals surface area (Å²) in [6.07, 6.45) is 8.36.